The molecule has 204 valence electrons. The molecule has 1 aromatic carbocycles. The third-order valence-electron chi connectivity index (χ3n) is 4.11. The van der Waals surface area contributed by atoms with E-state index in [0.717, 1.165) is 36.5 Å². The van der Waals surface area contributed by atoms with Crippen LogP contribution in [0.4, 0.5) is 0 Å². The maximum atomic E-state index is 12.2. The fourth-order valence-corrected chi connectivity index (χ4v) is 17.7. The number of benzene rings is 1. The predicted octanol–water partition coefficient (Wildman–Crippen LogP) is -3.41. The van der Waals surface area contributed by atoms with Crippen molar-refractivity contribution < 1.29 is 28.8 Å². The number of carbonyl (C=O) groups is 6. The molecular formula is C24H27N6O6Sb3. The molecule has 0 heterocycles. The Bertz CT molecular complexity index is 1010. The van der Waals surface area contributed by atoms with E-state index in [1.807, 2.05) is 0 Å². The zero-order chi connectivity index (χ0) is 29.5. The molecular weight excluding hydrogens is 834 g/mol. The third-order valence-corrected chi connectivity index (χ3v) is 18.3. The molecule has 0 saturated heterocycles. The summed E-state index contributed by atoms with van der Waals surface area (Å²) in [5.41, 5.74) is 0. The van der Waals surface area contributed by atoms with Crippen LogP contribution in [0.3, 0.4) is 0 Å². The van der Waals surface area contributed by atoms with Gasteiger partial charge in [0.15, 0.2) is 0 Å². The van der Waals surface area contributed by atoms with Crippen molar-refractivity contribution in [2.24, 2.45) is 0 Å². The second kappa shape index (κ2) is 17.5. The quantitative estimate of drug-likeness (QED) is 0.0793. The first-order valence-electron chi connectivity index (χ1n) is 10.7. The summed E-state index contributed by atoms with van der Waals surface area (Å²) in [6.45, 7) is 20.6. The number of nitrogens with one attached hydrogen (secondary N) is 6. The first-order chi connectivity index (χ1) is 18.5. The van der Waals surface area contributed by atoms with Crippen molar-refractivity contribution in [2.45, 2.75) is 0 Å². The van der Waals surface area contributed by atoms with Gasteiger partial charge in [-0.2, -0.15) is 0 Å². The SMILES string of the molecule is C=CC(=O)[NH][Sb]([NH]C(=O)C=C)[c]1c[c]([Sb]([NH]C(=O)C=C)[NH]C(=O)C=C)c[c]([Sb]([NH]C(=O)C=C)[NH]C(=O)C=C)c1. The van der Waals surface area contributed by atoms with Gasteiger partial charge in [0.05, 0.1) is 0 Å². The Labute approximate surface area is 249 Å². The van der Waals surface area contributed by atoms with E-state index in [4.69, 9.17) is 0 Å². The second-order valence-corrected chi connectivity index (χ2v) is 20.8. The van der Waals surface area contributed by atoms with E-state index in [9.17, 15) is 28.8 Å². The molecule has 0 atom stereocenters. The molecule has 0 unspecified atom stereocenters. The average Bonchev–Trinajstić information content (AvgIpc) is 2.94. The van der Waals surface area contributed by atoms with Crippen molar-refractivity contribution >= 4 is 108 Å². The predicted molar refractivity (Wildman–Crippen MR) is 153 cm³/mol. The van der Waals surface area contributed by atoms with Gasteiger partial charge in [-0.15, -0.1) is 0 Å². The van der Waals surface area contributed by atoms with Crippen LogP contribution in [0.15, 0.2) is 94.1 Å². The van der Waals surface area contributed by atoms with Gasteiger partial charge in [-0.3, -0.25) is 0 Å². The molecule has 39 heavy (non-hydrogen) atoms. The summed E-state index contributed by atoms with van der Waals surface area (Å²) in [6, 6.07) is 4.95. The molecule has 0 aliphatic rings. The zero-order valence-corrected chi connectivity index (χ0v) is 28.4. The van der Waals surface area contributed by atoms with Crippen molar-refractivity contribution in [1.82, 2.24) is 20.9 Å². The van der Waals surface area contributed by atoms with Crippen molar-refractivity contribution in [2.75, 3.05) is 0 Å². The average molecular weight is 861 g/mol. The maximum absolute atomic E-state index is 12.2. The Balaban J connectivity index is 3.94. The molecule has 0 fully saturated rings. The monoisotopic (exact) mass is 858 g/mol. The Hall–Kier alpha value is -3.07. The standard InChI is InChI=1S/C6H3.6C3H5NO.3Sb/c1-2-4-6-5-3-1;6*1-2-3(4)5;;;/h1,4-5H;6*2H,1H2,(H2,4,5);;;/q;;;;;;;3*+2/p-6. The Morgan fingerprint density at radius 2 is 0.564 bits per heavy atom. The minimum atomic E-state index is -3.43. The van der Waals surface area contributed by atoms with Crippen molar-refractivity contribution in [3.8, 4) is 0 Å². The van der Waals surface area contributed by atoms with Gasteiger partial charge in [-0.1, -0.05) is 0 Å². The summed E-state index contributed by atoms with van der Waals surface area (Å²) >= 11 is -10.3. The summed E-state index contributed by atoms with van der Waals surface area (Å²) in [5, 5.41) is 0. The van der Waals surface area contributed by atoms with Gasteiger partial charge in [0.25, 0.3) is 0 Å². The summed E-state index contributed by atoms with van der Waals surface area (Å²) in [4.78, 5) is 73.4. The van der Waals surface area contributed by atoms with Gasteiger partial charge < -0.3 is 0 Å². The first-order valence-corrected chi connectivity index (χ1v) is 22.1. The number of hydrogen-bond acceptors (Lipinski definition) is 6. The van der Waals surface area contributed by atoms with Gasteiger partial charge in [-0.25, -0.2) is 0 Å². The Morgan fingerprint density at radius 3 is 0.692 bits per heavy atom. The summed E-state index contributed by atoms with van der Waals surface area (Å²) in [6.07, 6.45) is 6.29. The van der Waals surface area contributed by atoms with E-state index < -0.39 is 97.7 Å². The molecule has 0 aliphatic heterocycles. The van der Waals surface area contributed by atoms with Crippen LogP contribution in [0.2, 0.25) is 0 Å². The van der Waals surface area contributed by atoms with Crippen LogP contribution < -0.4 is 31.4 Å². The van der Waals surface area contributed by atoms with Gasteiger partial charge >= 0.3 is 252 Å². The number of hydrogen-bond donors (Lipinski definition) is 6. The molecule has 6 N–H and O–H groups in total. The van der Waals surface area contributed by atoms with Crippen LogP contribution in [-0.4, -0.2) is 97.7 Å². The topological polar surface area (TPSA) is 175 Å². The molecule has 1 rings (SSSR count). The van der Waals surface area contributed by atoms with Gasteiger partial charge in [0, 0.05) is 0 Å². The van der Waals surface area contributed by atoms with E-state index in [2.05, 4.69) is 60.3 Å². The molecule has 0 aromatic heterocycles. The first kappa shape index (κ1) is 34.0. The van der Waals surface area contributed by atoms with Crippen molar-refractivity contribution in [3.05, 3.63) is 94.1 Å². The normalized spacial score (nSPS) is 9.92. The Morgan fingerprint density at radius 1 is 0.410 bits per heavy atom. The molecule has 15 heteroatoms. The second-order valence-electron chi connectivity index (χ2n) is 6.79. The van der Waals surface area contributed by atoms with Crippen LogP contribution in [0.25, 0.3) is 0 Å². The number of rotatable bonds is 15. The minimum absolute atomic E-state index is 0.487. The summed E-state index contributed by atoms with van der Waals surface area (Å²) < 4.78 is 18.0. The van der Waals surface area contributed by atoms with Crippen LogP contribution in [0.5, 0.6) is 0 Å². The number of carbonyl (C=O) groups excluding carboxylic acids is 6. The molecule has 0 aliphatic carbocycles. The van der Waals surface area contributed by atoms with Crippen molar-refractivity contribution in [3.63, 3.8) is 0 Å². The molecule has 0 bridgehead atoms. The Kier molecular flexibility index (Phi) is 15.2. The van der Waals surface area contributed by atoms with Crippen molar-refractivity contribution in [1.29, 1.82) is 0 Å². The molecule has 6 amide bonds. The summed E-state index contributed by atoms with van der Waals surface area (Å²) in [7, 11) is 0. The van der Waals surface area contributed by atoms with E-state index in [1.165, 1.54) is 0 Å². The molecule has 0 saturated carbocycles. The van der Waals surface area contributed by atoms with E-state index in [1.54, 1.807) is 18.2 Å². The molecule has 0 spiro atoms. The third kappa shape index (κ3) is 11.7. The van der Waals surface area contributed by atoms with Gasteiger partial charge in [0.1, 0.15) is 0 Å². The molecule has 0 radical (unpaired) electrons. The number of amides is 6. The fraction of sp³-hybridized carbons (Fsp3) is 0. The zero-order valence-electron chi connectivity index (χ0n) is 20.7. The fourth-order valence-electron chi connectivity index (χ4n) is 2.37. The van der Waals surface area contributed by atoms with E-state index >= 15 is 0 Å². The molecule has 12 nitrogen and oxygen atoms in total. The van der Waals surface area contributed by atoms with Crippen LogP contribution in [0, 0.1) is 0 Å². The molecule has 1 aromatic rings. The van der Waals surface area contributed by atoms with Crippen LogP contribution >= 0.6 is 0 Å². The van der Waals surface area contributed by atoms with Gasteiger partial charge in [0.2, 0.25) is 0 Å². The van der Waals surface area contributed by atoms with Crippen LogP contribution in [0.1, 0.15) is 0 Å². The van der Waals surface area contributed by atoms with Crippen LogP contribution in [-0.2, 0) is 28.8 Å². The van der Waals surface area contributed by atoms with Gasteiger partial charge in [-0.05, 0) is 0 Å². The summed E-state index contributed by atoms with van der Waals surface area (Å²) in [5.74, 6) is -3.22. The van der Waals surface area contributed by atoms with E-state index in [-0.39, 0.29) is 0 Å². The van der Waals surface area contributed by atoms with E-state index in [0.29, 0.717) is 10.5 Å².